The maximum absolute atomic E-state index is 12.8. The fourth-order valence-corrected chi connectivity index (χ4v) is 2.87. The third-order valence-electron chi connectivity index (χ3n) is 3.85. The number of alkyl halides is 3. The molecule has 13 heteroatoms. The van der Waals surface area contributed by atoms with Crippen molar-refractivity contribution < 1.29 is 18.1 Å². The van der Waals surface area contributed by atoms with E-state index in [2.05, 4.69) is 25.6 Å². The van der Waals surface area contributed by atoms with Gasteiger partial charge in [-0.1, -0.05) is 23.2 Å². The monoisotopic (exact) mass is 458 g/mol. The van der Waals surface area contributed by atoms with E-state index < -0.39 is 22.4 Å². The lowest BCUT2D eigenvalue weighted by Crippen LogP contribution is -2.09. The smallest absolute Gasteiger partial charge is 0.334 e. The maximum Gasteiger partial charge on any atom is 0.417 e. The molecule has 0 saturated heterocycles. The number of anilines is 4. The molecule has 8 nitrogen and oxygen atoms in total. The Kier molecular flexibility index (Phi) is 5.94. The number of aromatic nitrogens is 3. The van der Waals surface area contributed by atoms with Gasteiger partial charge in [0.1, 0.15) is 6.33 Å². The lowest BCUT2D eigenvalue weighted by Gasteiger charge is -2.13. The zero-order valence-corrected chi connectivity index (χ0v) is 16.5. The van der Waals surface area contributed by atoms with Crippen molar-refractivity contribution in [1.29, 1.82) is 0 Å². The van der Waals surface area contributed by atoms with Gasteiger partial charge in [-0.15, -0.1) is 0 Å². The fourth-order valence-electron chi connectivity index (χ4n) is 2.43. The Labute approximate surface area is 177 Å². The molecule has 0 atom stereocenters. The zero-order chi connectivity index (χ0) is 22.1. The van der Waals surface area contributed by atoms with E-state index in [-0.39, 0.29) is 22.5 Å². The van der Waals surface area contributed by atoms with Crippen LogP contribution in [-0.4, -0.2) is 19.9 Å². The zero-order valence-electron chi connectivity index (χ0n) is 15.0. The van der Waals surface area contributed by atoms with Gasteiger partial charge in [-0.05, 0) is 36.8 Å². The van der Waals surface area contributed by atoms with Crippen molar-refractivity contribution >= 4 is 52.0 Å². The average Bonchev–Trinajstić information content (AvgIpc) is 2.64. The molecule has 1 aromatic carbocycles. The van der Waals surface area contributed by atoms with Gasteiger partial charge in [0.25, 0.3) is 0 Å². The van der Waals surface area contributed by atoms with E-state index in [0.717, 1.165) is 6.33 Å². The van der Waals surface area contributed by atoms with Crippen LogP contribution in [-0.2, 0) is 6.18 Å². The van der Waals surface area contributed by atoms with Gasteiger partial charge in [0, 0.05) is 16.9 Å². The van der Waals surface area contributed by atoms with Crippen LogP contribution in [0.15, 0.2) is 36.8 Å². The van der Waals surface area contributed by atoms with Gasteiger partial charge in [0.2, 0.25) is 11.6 Å². The van der Waals surface area contributed by atoms with Crippen molar-refractivity contribution in [3.8, 4) is 0 Å². The predicted molar refractivity (Wildman–Crippen MR) is 106 cm³/mol. The normalized spacial score (nSPS) is 11.3. The summed E-state index contributed by atoms with van der Waals surface area (Å²) in [5, 5.41) is 17.1. The second-order valence-electron chi connectivity index (χ2n) is 5.94. The molecule has 0 aliphatic rings. The number of nitro groups is 1. The molecule has 2 N–H and O–H groups in total. The molecule has 0 radical (unpaired) electrons. The molecule has 0 unspecified atom stereocenters. The van der Waals surface area contributed by atoms with Gasteiger partial charge >= 0.3 is 11.9 Å². The quantitative estimate of drug-likeness (QED) is 0.361. The lowest BCUT2D eigenvalue weighted by atomic mass is 10.2. The van der Waals surface area contributed by atoms with Gasteiger partial charge < -0.3 is 10.6 Å². The molecular weight excluding hydrogens is 448 g/mol. The highest BCUT2D eigenvalue weighted by Gasteiger charge is 2.32. The minimum atomic E-state index is -4.64. The minimum Gasteiger partial charge on any atom is -0.334 e. The van der Waals surface area contributed by atoms with Gasteiger partial charge in [-0.2, -0.15) is 13.2 Å². The molecule has 0 aliphatic heterocycles. The van der Waals surface area contributed by atoms with Crippen LogP contribution in [0, 0.1) is 17.0 Å². The molecule has 0 aliphatic carbocycles. The molecule has 156 valence electrons. The first-order valence-corrected chi connectivity index (χ1v) is 8.84. The highest BCUT2D eigenvalue weighted by atomic mass is 35.5. The Bertz CT molecular complexity index is 1130. The molecule has 3 aromatic rings. The van der Waals surface area contributed by atoms with Gasteiger partial charge in [-0.3, -0.25) is 10.1 Å². The molecule has 0 amide bonds. The Hall–Kier alpha value is -3.18. The Morgan fingerprint density at radius 1 is 1.03 bits per heavy atom. The minimum absolute atomic E-state index is 0.147. The summed E-state index contributed by atoms with van der Waals surface area (Å²) in [5.41, 5.74) is -0.393. The van der Waals surface area contributed by atoms with Crippen LogP contribution in [0.4, 0.5) is 42.0 Å². The van der Waals surface area contributed by atoms with Crippen LogP contribution in [0.25, 0.3) is 0 Å². The van der Waals surface area contributed by atoms with Crippen LogP contribution in [0.1, 0.15) is 11.1 Å². The molecule has 0 spiro atoms. The van der Waals surface area contributed by atoms with Crippen molar-refractivity contribution in [3.63, 3.8) is 0 Å². The van der Waals surface area contributed by atoms with Crippen molar-refractivity contribution in [2.45, 2.75) is 13.1 Å². The van der Waals surface area contributed by atoms with E-state index in [9.17, 15) is 23.3 Å². The SMILES string of the molecule is Cc1cc(Cl)ccc1Nc1ncnc(Nc2ncc(C(F)(F)F)cc2Cl)c1[N+](=O)[O-]. The molecule has 0 saturated carbocycles. The second kappa shape index (κ2) is 8.28. The number of benzene rings is 1. The second-order valence-corrected chi connectivity index (χ2v) is 6.78. The summed E-state index contributed by atoms with van der Waals surface area (Å²) in [6.07, 6.45) is -3.04. The summed E-state index contributed by atoms with van der Waals surface area (Å²) >= 11 is 11.8. The summed E-state index contributed by atoms with van der Waals surface area (Å²) in [4.78, 5) is 22.2. The number of nitrogens with zero attached hydrogens (tertiary/aromatic N) is 4. The largest absolute Gasteiger partial charge is 0.417 e. The number of hydrogen-bond donors (Lipinski definition) is 2. The van der Waals surface area contributed by atoms with Crippen LogP contribution in [0.2, 0.25) is 10.0 Å². The lowest BCUT2D eigenvalue weighted by molar-refractivity contribution is -0.383. The molecule has 0 fully saturated rings. The molecule has 3 rings (SSSR count). The first-order valence-electron chi connectivity index (χ1n) is 8.08. The maximum atomic E-state index is 12.8. The summed E-state index contributed by atoms with van der Waals surface area (Å²) < 4.78 is 38.3. The molecule has 2 aromatic heterocycles. The third-order valence-corrected chi connectivity index (χ3v) is 4.37. The van der Waals surface area contributed by atoms with Gasteiger partial charge in [0.15, 0.2) is 5.82 Å². The highest BCUT2D eigenvalue weighted by Crippen LogP contribution is 2.36. The fraction of sp³-hybridized carbons (Fsp3) is 0.118. The van der Waals surface area contributed by atoms with Crippen molar-refractivity contribution in [2.75, 3.05) is 10.6 Å². The molecule has 2 heterocycles. The average molecular weight is 459 g/mol. The van der Waals surface area contributed by atoms with Crippen molar-refractivity contribution in [3.05, 3.63) is 68.1 Å². The first-order chi connectivity index (χ1) is 14.1. The van der Waals surface area contributed by atoms with E-state index in [1.807, 2.05) is 0 Å². The van der Waals surface area contributed by atoms with Crippen molar-refractivity contribution in [1.82, 2.24) is 15.0 Å². The van der Waals surface area contributed by atoms with Gasteiger partial charge in [0.05, 0.1) is 15.5 Å². The van der Waals surface area contributed by atoms with E-state index >= 15 is 0 Å². The number of nitrogens with one attached hydrogen (secondary N) is 2. The van der Waals surface area contributed by atoms with E-state index in [4.69, 9.17) is 23.2 Å². The first kappa shape index (κ1) is 21.5. The number of pyridine rings is 1. The van der Waals surface area contributed by atoms with E-state index in [0.29, 0.717) is 28.5 Å². The third kappa shape index (κ3) is 4.69. The number of halogens is 5. The summed E-state index contributed by atoms with van der Waals surface area (Å²) in [6, 6.07) is 5.52. The Morgan fingerprint density at radius 3 is 2.27 bits per heavy atom. The predicted octanol–water partition coefficient (Wildman–Crippen LogP) is 5.90. The summed E-state index contributed by atoms with van der Waals surface area (Å²) in [7, 11) is 0. The highest BCUT2D eigenvalue weighted by molar-refractivity contribution is 6.33. The molecule has 0 bridgehead atoms. The van der Waals surface area contributed by atoms with Crippen LogP contribution >= 0.6 is 23.2 Å². The standard InChI is InChI=1S/C17H11Cl2F3N6O2/c1-8-4-10(18)2-3-12(8)26-15-13(28(29)30)16(25-7-24-15)27-14-11(19)5-9(6-23-14)17(20,21)22/h2-7H,1H3,(H2,23,24,25,26,27). The Balaban J connectivity index is 1.98. The van der Waals surface area contributed by atoms with E-state index in [1.54, 1.807) is 25.1 Å². The number of aryl methyl sites for hydroxylation is 1. The van der Waals surface area contributed by atoms with Crippen LogP contribution < -0.4 is 10.6 Å². The number of hydrogen-bond acceptors (Lipinski definition) is 7. The van der Waals surface area contributed by atoms with Crippen LogP contribution in [0.3, 0.4) is 0 Å². The van der Waals surface area contributed by atoms with Gasteiger partial charge in [-0.25, -0.2) is 15.0 Å². The van der Waals surface area contributed by atoms with E-state index in [1.165, 1.54) is 0 Å². The van der Waals surface area contributed by atoms with Crippen LogP contribution in [0.5, 0.6) is 0 Å². The van der Waals surface area contributed by atoms with Crippen molar-refractivity contribution in [2.24, 2.45) is 0 Å². The summed E-state index contributed by atoms with van der Waals surface area (Å²) in [5.74, 6) is -0.690. The molecule has 30 heavy (non-hydrogen) atoms. The Morgan fingerprint density at radius 2 is 1.70 bits per heavy atom. The summed E-state index contributed by atoms with van der Waals surface area (Å²) in [6.45, 7) is 1.74. The topological polar surface area (TPSA) is 106 Å². The molecular formula is C17H11Cl2F3N6O2. The number of rotatable bonds is 5.